The summed E-state index contributed by atoms with van der Waals surface area (Å²) in [4.78, 5) is 33.0. The quantitative estimate of drug-likeness (QED) is 0.625. The molecule has 1 aromatic carbocycles. The summed E-state index contributed by atoms with van der Waals surface area (Å²) in [6.45, 7) is 0. The number of nitrogens with two attached hydrogens (primary N) is 1. The molecule has 8 heteroatoms. The van der Waals surface area contributed by atoms with Crippen LogP contribution in [0.5, 0.6) is 0 Å². The number of benzene rings is 1. The van der Waals surface area contributed by atoms with Gasteiger partial charge in [0.15, 0.2) is 0 Å². The van der Waals surface area contributed by atoms with E-state index in [2.05, 4.69) is 15.4 Å². The number of nitrogens with one attached hydrogen (secondary N) is 2. The highest BCUT2D eigenvalue weighted by atomic mass is 16.5. The fraction of sp³-hybridized carbons (Fsp3) is 0.250. The molecule has 1 aromatic rings. The van der Waals surface area contributed by atoms with Crippen molar-refractivity contribution in [1.29, 1.82) is 0 Å². The van der Waals surface area contributed by atoms with Crippen molar-refractivity contribution in [1.82, 2.24) is 0 Å². The van der Waals surface area contributed by atoms with Gasteiger partial charge in [-0.2, -0.15) is 0 Å². The average molecular weight is 281 g/mol. The average Bonchev–Trinajstić information content (AvgIpc) is 2.40. The molecule has 0 bridgehead atoms. The molecule has 0 saturated heterocycles. The Morgan fingerprint density at radius 3 is 2.15 bits per heavy atom. The van der Waals surface area contributed by atoms with Crippen LogP contribution in [0.2, 0.25) is 0 Å². The number of ether oxygens (including phenoxy) is 1. The molecule has 0 aromatic heterocycles. The molecular formula is C12H15N3O5. The Labute approximate surface area is 114 Å². The lowest BCUT2D eigenvalue weighted by Crippen LogP contribution is -2.37. The fourth-order valence-corrected chi connectivity index (χ4v) is 1.32. The number of hydrogen-bond donors (Lipinski definition) is 4. The molecule has 0 heterocycles. The van der Waals surface area contributed by atoms with E-state index in [9.17, 15) is 14.4 Å². The molecule has 0 aliphatic rings. The maximum absolute atomic E-state index is 11.6. The Bertz CT molecular complexity index is 500. The third-order valence-electron chi connectivity index (χ3n) is 2.32. The molecule has 8 nitrogen and oxygen atoms in total. The molecule has 0 fully saturated rings. The Morgan fingerprint density at radius 1 is 1.20 bits per heavy atom. The molecule has 1 rings (SSSR count). The summed E-state index contributed by atoms with van der Waals surface area (Å²) in [5, 5.41) is 13.4. The Morgan fingerprint density at radius 2 is 1.70 bits per heavy atom. The van der Waals surface area contributed by atoms with Crippen LogP contribution in [-0.2, 0) is 14.3 Å². The number of rotatable bonds is 5. The monoisotopic (exact) mass is 281 g/mol. The van der Waals surface area contributed by atoms with Gasteiger partial charge in [-0.1, -0.05) is 0 Å². The summed E-state index contributed by atoms with van der Waals surface area (Å²) in [6, 6.07) is 5.05. The lowest BCUT2D eigenvalue weighted by molar-refractivity contribution is -0.138. The lowest BCUT2D eigenvalue weighted by atomic mass is 10.2. The van der Waals surface area contributed by atoms with Crippen LogP contribution >= 0.6 is 0 Å². The van der Waals surface area contributed by atoms with Crippen molar-refractivity contribution >= 4 is 29.3 Å². The Balaban J connectivity index is 2.59. The van der Waals surface area contributed by atoms with Crippen LogP contribution in [0.15, 0.2) is 24.3 Å². The van der Waals surface area contributed by atoms with E-state index in [1.54, 1.807) is 12.1 Å². The molecular weight excluding hydrogens is 266 g/mol. The second-order valence-electron chi connectivity index (χ2n) is 3.89. The molecule has 2 amide bonds. The zero-order chi connectivity index (χ0) is 15.1. The van der Waals surface area contributed by atoms with Crippen LogP contribution in [0.4, 0.5) is 16.2 Å². The van der Waals surface area contributed by atoms with E-state index in [1.165, 1.54) is 19.2 Å². The van der Waals surface area contributed by atoms with Gasteiger partial charge in [0.05, 0.1) is 19.6 Å². The predicted molar refractivity (Wildman–Crippen MR) is 71.3 cm³/mol. The van der Waals surface area contributed by atoms with Gasteiger partial charge in [0, 0.05) is 11.4 Å². The SMILES string of the molecule is COC(=O)Nc1ccc(NC(=O)C(N)CC(=O)O)cc1. The minimum absolute atomic E-state index is 0.436. The van der Waals surface area contributed by atoms with Crippen molar-refractivity contribution in [2.75, 3.05) is 17.7 Å². The van der Waals surface area contributed by atoms with Crippen molar-refractivity contribution in [3.8, 4) is 0 Å². The van der Waals surface area contributed by atoms with E-state index in [-0.39, 0.29) is 0 Å². The lowest BCUT2D eigenvalue weighted by Gasteiger charge is -2.10. The number of carboxylic acid groups (broad SMARTS) is 1. The summed E-state index contributed by atoms with van der Waals surface area (Å²) in [5.41, 5.74) is 6.34. The van der Waals surface area contributed by atoms with Crippen LogP contribution in [0.3, 0.4) is 0 Å². The van der Waals surface area contributed by atoms with Crippen molar-refractivity contribution in [3.05, 3.63) is 24.3 Å². The zero-order valence-electron chi connectivity index (χ0n) is 10.8. The first-order valence-electron chi connectivity index (χ1n) is 5.65. The number of amides is 2. The van der Waals surface area contributed by atoms with Gasteiger partial charge in [-0.3, -0.25) is 14.9 Å². The van der Waals surface area contributed by atoms with Gasteiger partial charge in [0.2, 0.25) is 5.91 Å². The van der Waals surface area contributed by atoms with Crippen LogP contribution in [0.25, 0.3) is 0 Å². The smallest absolute Gasteiger partial charge is 0.411 e. The van der Waals surface area contributed by atoms with Crippen molar-refractivity contribution in [3.63, 3.8) is 0 Å². The molecule has 0 aliphatic carbocycles. The number of carbonyl (C=O) groups excluding carboxylic acids is 2. The van der Waals surface area contributed by atoms with Gasteiger partial charge < -0.3 is 20.9 Å². The summed E-state index contributed by atoms with van der Waals surface area (Å²) in [7, 11) is 1.24. The second-order valence-corrected chi connectivity index (χ2v) is 3.89. The number of aliphatic carboxylic acids is 1. The summed E-state index contributed by atoms with van der Waals surface area (Å²) in [5.74, 6) is -1.74. The van der Waals surface area contributed by atoms with E-state index >= 15 is 0 Å². The fourth-order valence-electron chi connectivity index (χ4n) is 1.32. The maximum Gasteiger partial charge on any atom is 0.411 e. The highest BCUT2D eigenvalue weighted by molar-refractivity contribution is 5.96. The Hall–Kier alpha value is -2.61. The molecule has 1 unspecified atom stereocenters. The van der Waals surface area contributed by atoms with Crippen LogP contribution < -0.4 is 16.4 Å². The first kappa shape index (κ1) is 15.4. The number of carboxylic acids is 1. The number of anilines is 2. The van der Waals surface area contributed by atoms with E-state index in [0.29, 0.717) is 11.4 Å². The van der Waals surface area contributed by atoms with Gasteiger partial charge in [-0.05, 0) is 24.3 Å². The van der Waals surface area contributed by atoms with Crippen LogP contribution in [0, 0.1) is 0 Å². The maximum atomic E-state index is 11.6. The topological polar surface area (TPSA) is 131 Å². The summed E-state index contributed by atoms with van der Waals surface area (Å²) in [6.07, 6.45) is -1.06. The third kappa shape index (κ3) is 4.94. The highest BCUT2D eigenvalue weighted by Crippen LogP contribution is 2.14. The molecule has 20 heavy (non-hydrogen) atoms. The summed E-state index contributed by atoms with van der Waals surface area (Å²) >= 11 is 0. The zero-order valence-corrected chi connectivity index (χ0v) is 10.8. The minimum atomic E-state index is -1.15. The van der Waals surface area contributed by atoms with Crippen molar-refractivity contribution < 1.29 is 24.2 Å². The summed E-state index contributed by atoms with van der Waals surface area (Å²) < 4.78 is 4.43. The second kappa shape index (κ2) is 7.10. The van der Waals surface area contributed by atoms with Gasteiger partial charge in [-0.25, -0.2) is 4.79 Å². The molecule has 0 radical (unpaired) electrons. The van der Waals surface area contributed by atoms with Gasteiger partial charge >= 0.3 is 12.1 Å². The van der Waals surface area contributed by atoms with Gasteiger partial charge in [0.25, 0.3) is 0 Å². The highest BCUT2D eigenvalue weighted by Gasteiger charge is 2.16. The van der Waals surface area contributed by atoms with E-state index in [4.69, 9.17) is 10.8 Å². The first-order chi connectivity index (χ1) is 9.42. The van der Waals surface area contributed by atoms with Crippen molar-refractivity contribution in [2.24, 2.45) is 5.73 Å². The molecule has 0 saturated carbocycles. The van der Waals surface area contributed by atoms with Gasteiger partial charge in [0.1, 0.15) is 0 Å². The molecule has 5 N–H and O–H groups in total. The van der Waals surface area contributed by atoms with Gasteiger partial charge in [-0.15, -0.1) is 0 Å². The normalized spacial score (nSPS) is 11.3. The minimum Gasteiger partial charge on any atom is -0.481 e. The molecule has 108 valence electrons. The van der Waals surface area contributed by atoms with E-state index < -0.39 is 30.4 Å². The number of carbonyl (C=O) groups is 3. The number of hydrogen-bond acceptors (Lipinski definition) is 5. The number of methoxy groups -OCH3 is 1. The standard InChI is InChI=1S/C12H15N3O5/c1-20-12(19)15-8-4-2-7(3-5-8)14-11(18)9(13)6-10(16)17/h2-5,9H,6,13H2,1H3,(H,14,18)(H,15,19)(H,16,17). The third-order valence-corrected chi connectivity index (χ3v) is 2.32. The Kier molecular flexibility index (Phi) is 5.48. The van der Waals surface area contributed by atoms with E-state index in [0.717, 1.165) is 0 Å². The first-order valence-corrected chi connectivity index (χ1v) is 5.65. The van der Waals surface area contributed by atoms with Crippen LogP contribution in [0.1, 0.15) is 6.42 Å². The largest absolute Gasteiger partial charge is 0.481 e. The van der Waals surface area contributed by atoms with E-state index in [1.807, 2.05) is 0 Å². The predicted octanol–water partition coefficient (Wildman–Crippen LogP) is 0.605. The van der Waals surface area contributed by atoms with Crippen LogP contribution in [-0.4, -0.2) is 36.2 Å². The molecule has 0 aliphatic heterocycles. The molecule has 1 atom stereocenters. The molecule has 0 spiro atoms. The van der Waals surface area contributed by atoms with Crippen molar-refractivity contribution in [2.45, 2.75) is 12.5 Å².